The first-order valence-electron chi connectivity index (χ1n) is 37.5. The molecule has 5 aliphatic carbocycles. The lowest BCUT2D eigenvalue weighted by Crippen LogP contribution is -2.69. The SMILES string of the molecule is C=C(O[C@@H]1OC(C)[C@H](O)[C@@H](O)C1O[C@@H]1OC(C)[C@H](O[C@@H]2OC[C@@H](O)[C@@H](O)C2O)[C@H](O[C@@H]2OC(CO)[C@@H](O)[C@@H](O)C2O)C1O)[C@]12CCC(C)(C)C[C@H]1C1=CCC3[C@@]4(C)CC[C@H](O[C@@H]5OC(C(=O)O)[C@@H](O)[C@@H](O[C@@H]6OC(C)[C@H](O)[C@H](O)C6O)C5O[C@@H]5OC(CO)[C@H](O)[C@@H](O)C5O)[C@@](C)(C=O)C4CC[C@@]3(C)[C@]1(C)CC2. The Morgan fingerprint density at radius 2 is 1.00 bits per heavy atom. The van der Waals surface area contributed by atoms with E-state index >= 15 is 0 Å². The van der Waals surface area contributed by atoms with Crippen LogP contribution in [0.3, 0.4) is 0 Å². The van der Waals surface area contributed by atoms with Crippen LogP contribution in [0.1, 0.15) is 127 Å². The highest BCUT2D eigenvalue weighted by atomic mass is 16.8. The van der Waals surface area contributed by atoms with Crippen LogP contribution < -0.4 is 0 Å². The van der Waals surface area contributed by atoms with Crippen molar-refractivity contribution in [1.82, 2.24) is 0 Å². The minimum absolute atomic E-state index is 0.0665. The monoisotopic (exact) mass is 1540 g/mol. The first-order valence-corrected chi connectivity index (χ1v) is 37.5. The third kappa shape index (κ3) is 14.5. The van der Waals surface area contributed by atoms with E-state index in [-0.39, 0.29) is 23.7 Å². The van der Waals surface area contributed by atoms with E-state index in [2.05, 4.69) is 47.3 Å². The van der Waals surface area contributed by atoms with Crippen molar-refractivity contribution in [3.8, 4) is 0 Å². The molecule has 0 spiro atoms. The van der Waals surface area contributed by atoms with Crippen LogP contribution in [0, 0.1) is 50.2 Å². The van der Waals surface area contributed by atoms with Gasteiger partial charge in [0.2, 0.25) is 6.29 Å². The summed E-state index contributed by atoms with van der Waals surface area (Å²) in [6.07, 6.45) is -52.5. The molecule has 12 aliphatic rings. The minimum atomic E-state index is -2.21. The Morgan fingerprint density at radius 1 is 0.495 bits per heavy atom. The average molecular weight is 1540 g/mol. The van der Waals surface area contributed by atoms with Crippen LogP contribution in [0.4, 0.5) is 0 Å². The van der Waals surface area contributed by atoms with Crippen molar-refractivity contribution in [3.63, 3.8) is 0 Å². The zero-order chi connectivity index (χ0) is 78.2. The molecule has 107 heavy (non-hydrogen) atoms. The fraction of sp³-hybridized carbons (Fsp3) is 0.917. The molecule has 11 fully saturated rings. The van der Waals surface area contributed by atoms with Crippen LogP contribution in [0.2, 0.25) is 0 Å². The molecule has 0 aromatic heterocycles. The molecule has 35 heteroatoms. The van der Waals surface area contributed by atoms with Crippen molar-refractivity contribution in [1.29, 1.82) is 0 Å². The standard InChI is InChI=1S/C72H114O35/c1-26-38(77)43(82)48(87)61(95-26)103-54-51(90)56(59(92)93)105-66(58(54)107-63-50(89)45(84)42(81)34(23-74)100-63)101-37-14-15-68(7)35(69(37,8)25-75)13-16-71(10)36(68)12-11-30-31-21-67(5,6)17-19-72(31,20-18-70(30,71)9)29(4)98-65-57(46(85)39(78)27(2)96-65)106-64-52(91)55(104-62-49(88)44(83)41(80)33(22-73)99-62)53(28(3)97-64)102-60-47(86)40(79)32(76)24-94-60/h11,25-28,31-58,60-66,73-74,76-91H,4,12-24H2,1-3,5-10H3,(H,92,93)/t26?,27?,28?,31-,32+,33?,34?,35?,36?,37-,38-,39-,40+,41+,42-,43-,44+,45+,46+,47?,48?,49?,50?,51-,52?,53-,54+,55+,56?,57?,58?,60-,61-,62-,63-,64-,65-,66+,68-,69-,70+,71+,72+/m0/s1. The fourth-order valence-electron chi connectivity index (χ4n) is 20.5. The summed E-state index contributed by atoms with van der Waals surface area (Å²) in [4.78, 5) is 27.4. The normalized spacial score (nSPS) is 55.0. The Bertz CT molecular complexity index is 3130. The van der Waals surface area contributed by atoms with Crippen LogP contribution in [0.25, 0.3) is 0 Å². The van der Waals surface area contributed by atoms with Gasteiger partial charge < -0.3 is 168 Å². The number of aliphatic carboxylic acids is 1. The van der Waals surface area contributed by atoms with Gasteiger partial charge in [0, 0.05) is 5.41 Å². The number of carbonyl (C=O) groups is 2. The summed E-state index contributed by atoms with van der Waals surface area (Å²) >= 11 is 0. The van der Waals surface area contributed by atoms with Crippen LogP contribution in [-0.2, 0) is 75.9 Å². The number of carboxylic acids is 1. The third-order valence-corrected chi connectivity index (χ3v) is 27.4. The maximum absolute atomic E-state index is 14.3. The van der Waals surface area contributed by atoms with Gasteiger partial charge in [0.25, 0.3) is 0 Å². The summed E-state index contributed by atoms with van der Waals surface area (Å²) in [6.45, 7) is 19.8. The zero-order valence-corrected chi connectivity index (χ0v) is 61.5. The van der Waals surface area contributed by atoms with Gasteiger partial charge in [0.15, 0.2) is 49.9 Å². The van der Waals surface area contributed by atoms with Gasteiger partial charge in [0.05, 0.1) is 55.4 Å². The molecule has 7 aliphatic heterocycles. The van der Waals surface area contributed by atoms with E-state index in [1.807, 2.05) is 0 Å². The van der Waals surface area contributed by atoms with Crippen molar-refractivity contribution in [3.05, 3.63) is 24.0 Å². The van der Waals surface area contributed by atoms with E-state index < -0.39 is 274 Å². The minimum Gasteiger partial charge on any atom is -0.479 e. The summed E-state index contributed by atoms with van der Waals surface area (Å²) in [5.41, 5.74) is -2.65. The van der Waals surface area contributed by atoms with Gasteiger partial charge in [-0.25, -0.2) is 4.79 Å². The van der Waals surface area contributed by atoms with E-state index in [0.29, 0.717) is 57.1 Å². The van der Waals surface area contributed by atoms with Crippen LogP contribution >= 0.6 is 0 Å². The Balaban J connectivity index is 0.807. The first kappa shape index (κ1) is 83.6. The number of fused-ring (bicyclic) bond motifs is 7. The number of carboxylic acid groups (broad SMARTS) is 1. The summed E-state index contributed by atoms with van der Waals surface area (Å²) in [5.74, 6) is -2.07. The molecule has 35 nitrogen and oxygen atoms in total. The van der Waals surface area contributed by atoms with Crippen LogP contribution in [-0.4, -0.2) is 344 Å². The highest BCUT2D eigenvalue weighted by molar-refractivity contribution is 5.73. The van der Waals surface area contributed by atoms with E-state index in [0.717, 1.165) is 12.7 Å². The lowest BCUT2D eigenvalue weighted by atomic mass is 9.33. The van der Waals surface area contributed by atoms with Gasteiger partial charge in [-0.15, -0.1) is 0 Å². The van der Waals surface area contributed by atoms with Gasteiger partial charge in [-0.05, 0) is 124 Å². The number of hydrogen-bond acceptors (Lipinski definition) is 34. The molecule has 0 bridgehead atoms. The molecule has 12 rings (SSSR count). The predicted octanol–water partition coefficient (Wildman–Crippen LogP) is -4.58. The Kier molecular flexibility index (Phi) is 24.5. The largest absolute Gasteiger partial charge is 0.479 e. The van der Waals surface area contributed by atoms with Crippen LogP contribution in [0.15, 0.2) is 24.0 Å². The number of allylic oxidation sites excluding steroid dienone is 3. The second kappa shape index (κ2) is 31.4. The van der Waals surface area contributed by atoms with E-state index in [1.54, 1.807) is 6.92 Å². The first-order chi connectivity index (χ1) is 50.2. The number of aldehydes is 1. The number of aliphatic hydroxyl groups excluding tert-OH is 18. The lowest BCUT2D eigenvalue weighted by molar-refractivity contribution is -0.395. The molecule has 0 aromatic carbocycles. The quantitative estimate of drug-likeness (QED) is 0.0250. The Labute approximate surface area is 618 Å². The number of carbonyl (C=O) groups excluding carboxylic acids is 1. The van der Waals surface area contributed by atoms with Crippen LogP contribution in [0.5, 0.6) is 0 Å². The molecule has 7 heterocycles. The molecular formula is C72H114O35. The molecule has 0 radical (unpaired) electrons. The van der Waals surface area contributed by atoms with E-state index in [9.17, 15) is 107 Å². The van der Waals surface area contributed by atoms with Crippen molar-refractivity contribution >= 4 is 12.3 Å². The molecule has 4 saturated carbocycles. The lowest BCUT2D eigenvalue weighted by Gasteiger charge is -2.71. The maximum atomic E-state index is 14.3. The average Bonchev–Trinajstić information content (AvgIpc) is 0.673. The second-order valence-electron chi connectivity index (χ2n) is 34.0. The number of ether oxygens (including phenoxy) is 14. The molecule has 43 atom stereocenters. The fourth-order valence-corrected chi connectivity index (χ4v) is 20.5. The summed E-state index contributed by atoms with van der Waals surface area (Å²) in [6, 6.07) is 0. The smallest absolute Gasteiger partial charge is 0.335 e. The van der Waals surface area contributed by atoms with Crippen molar-refractivity contribution in [2.45, 2.75) is 341 Å². The Hall–Kier alpha value is -2.82. The zero-order valence-electron chi connectivity index (χ0n) is 61.5. The predicted molar refractivity (Wildman–Crippen MR) is 356 cm³/mol. The van der Waals surface area contributed by atoms with Gasteiger partial charge in [-0.1, -0.05) is 59.8 Å². The molecule has 7 saturated heterocycles. The second-order valence-corrected chi connectivity index (χ2v) is 34.0. The maximum Gasteiger partial charge on any atom is 0.335 e. The highest BCUT2D eigenvalue weighted by Crippen LogP contribution is 2.77. The Morgan fingerprint density at radius 3 is 1.59 bits per heavy atom. The molecule has 0 aromatic rings. The summed E-state index contributed by atoms with van der Waals surface area (Å²) in [5, 5.41) is 208. The van der Waals surface area contributed by atoms with Gasteiger partial charge >= 0.3 is 5.97 Å². The van der Waals surface area contributed by atoms with Crippen molar-refractivity contribution in [2.24, 2.45) is 50.2 Å². The van der Waals surface area contributed by atoms with E-state index in [4.69, 9.17) is 66.3 Å². The molecule has 612 valence electrons. The summed E-state index contributed by atoms with van der Waals surface area (Å²) < 4.78 is 86.3. The van der Waals surface area contributed by atoms with Gasteiger partial charge in [-0.2, -0.15) is 0 Å². The third-order valence-electron chi connectivity index (χ3n) is 27.4. The highest BCUT2D eigenvalue weighted by Gasteiger charge is 2.71. The number of hydrogen-bond donors (Lipinski definition) is 19. The molecular weight excluding hydrogens is 1420 g/mol. The van der Waals surface area contributed by atoms with Crippen molar-refractivity contribution < 1.29 is 173 Å². The van der Waals surface area contributed by atoms with Gasteiger partial charge in [0.1, 0.15) is 141 Å². The molecule has 15 unspecified atom stereocenters. The summed E-state index contributed by atoms with van der Waals surface area (Å²) in [7, 11) is 0. The van der Waals surface area contributed by atoms with E-state index in [1.165, 1.54) is 26.3 Å². The number of rotatable bonds is 19. The molecule has 0 amide bonds. The topological polar surface area (TPSA) is 548 Å². The van der Waals surface area contributed by atoms with Gasteiger partial charge in [-0.3, -0.25) is 0 Å². The van der Waals surface area contributed by atoms with Crippen molar-refractivity contribution in [2.75, 3.05) is 19.8 Å². The number of aliphatic hydroxyl groups is 18. The molecule has 19 N–H and O–H groups in total.